The summed E-state index contributed by atoms with van der Waals surface area (Å²) in [7, 11) is 3.41. The molecule has 0 unspecified atom stereocenters. The summed E-state index contributed by atoms with van der Waals surface area (Å²) in [6, 6.07) is 2.04. The summed E-state index contributed by atoms with van der Waals surface area (Å²) >= 11 is 6.67. The van der Waals surface area contributed by atoms with Crippen molar-refractivity contribution in [1.82, 2.24) is 0 Å². The highest BCUT2D eigenvalue weighted by atomic mass is 32.9. The van der Waals surface area contributed by atoms with Crippen molar-refractivity contribution in [1.29, 1.82) is 0 Å². The van der Waals surface area contributed by atoms with Crippen molar-refractivity contribution < 1.29 is 0 Å². The lowest BCUT2D eigenvalue weighted by atomic mass is 10.8. The van der Waals surface area contributed by atoms with Crippen LogP contribution in [-0.4, -0.2) is 6.26 Å². The summed E-state index contributed by atoms with van der Waals surface area (Å²) in [4.78, 5) is 0. The van der Waals surface area contributed by atoms with Gasteiger partial charge in [0.15, 0.2) is 0 Å². The Labute approximate surface area is 64.9 Å². The van der Waals surface area contributed by atoms with Crippen molar-refractivity contribution in [3.8, 4) is 0 Å². The second-order valence-corrected chi connectivity index (χ2v) is 5.17. The molecule has 0 bridgehead atoms. The lowest BCUT2D eigenvalue weighted by Gasteiger charge is -1.77. The van der Waals surface area contributed by atoms with Gasteiger partial charge in [-0.15, -0.1) is 11.8 Å². The zero-order chi connectivity index (χ0) is 5.98. The molecule has 0 N–H and O–H groups in total. The highest BCUT2D eigenvalue weighted by Crippen LogP contribution is 2.25. The Morgan fingerprint density at radius 1 is 1.62 bits per heavy atom. The van der Waals surface area contributed by atoms with Crippen LogP contribution in [0.25, 0.3) is 0 Å². The normalized spacial score (nSPS) is 9.62. The fourth-order valence-electron chi connectivity index (χ4n) is 0.319. The topological polar surface area (TPSA) is 0 Å². The fourth-order valence-corrected chi connectivity index (χ4v) is 3.75. The zero-order valence-corrected chi connectivity index (χ0v) is 7.48. The minimum atomic E-state index is 0.999. The molecule has 1 rings (SSSR count). The van der Waals surface area contributed by atoms with Crippen molar-refractivity contribution in [2.45, 2.75) is 4.21 Å². The third-order valence-electron chi connectivity index (χ3n) is 0.643. The van der Waals surface area contributed by atoms with Crippen LogP contribution in [0.5, 0.6) is 0 Å². The Morgan fingerprint density at radius 3 is 2.62 bits per heavy atom. The van der Waals surface area contributed by atoms with E-state index in [1.165, 1.54) is 4.21 Å². The molecule has 0 radical (unpaired) electrons. The summed E-state index contributed by atoms with van der Waals surface area (Å²) < 4.78 is 2.32. The van der Waals surface area contributed by atoms with E-state index >= 15 is 0 Å². The first-order valence-corrected chi connectivity index (χ1v) is 5.75. The molecule has 0 spiro atoms. The van der Waals surface area contributed by atoms with Gasteiger partial charge in [0, 0.05) is 0 Å². The average molecular weight is 180 g/mol. The largest absolute Gasteiger partial charge is 0.118 e. The summed E-state index contributed by atoms with van der Waals surface area (Å²) in [6.45, 7) is 0. The van der Waals surface area contributed by atoms with Crippen molar-refractivity contribution in [2.75, 3.05) is 6.26 Å². The molecule has 0 aliphatic heterocycles. The van der Waals surface area contributed by atoms with Crippen molar-refractivity contribution in [3.63, 3.8) is 0 Å². The van der Waals surface area contributed by atoms with E-state index in [0.717, 1.165) is 3.82 Å². The molecule has 0 fully saturated rings. The SMILES string of the molecule is CSc1cc(=S)ss1. The van der Waals surface area contributed by atoms with E-state index in [9.17, 15) is 0 Å². The molecule has 0 atom stereocenters. The minimum Gasteiger partial charge on any atom is -0.118 e. The Hall–Kier alpha value is 0.620. The van der Waals surface area contributed by atoms with Gasteiger partial charge in [-0.1, -0.05) is 32.9 Å². The zero-order valence-electron chi connectivity index (χ0n) is 4.21. The van der Waals surface area contributed by atoms with Gasteiger partial charge in [0.25, 0.3) is 0 Å². The fraction of sp³-hybridized carbons (Fsp3) is 0.250. The van der Waals surface area contributed by atoms with Gasteiger partial charge in [-0.2, -0.15) is 0 Å². The maximum atomic E-state index is 4.91. The van der Waals surface area contributed by atoms with E-state index in [1.807, 2.05) is 6.07 Å². The molecule has 0 aliphatic rings. The Balaban J connectivity index is 3.01. The Morgan fingerprint density at radius 2 is 2.38 bits per heavy atom. The van der Waals surface area contributed by atoms with E-state index in [4.69, 9.17) is 12.2 Å². The molecular weight excluding hydrogens is 176 g/mol. The predicted molar refractivity (Wildman–Crippen MR) is 44.8 cm³/mol. The van der Waals surface area contributed by atoms with Crippen LogP contribution in [0.4, 0.5) is 0 Å². The second kappa shape index (κ2) is 2.96. The van der Waals surface area contributed by atoms with Crippen molar-refractivity contribution in [3.05, 3.63) is 9.89 Å². The quantitative estimate of drug-likeness (QED) is 0.369. The molecule has 1 aromatic rings. The van der Waals surface area contributed by atoms with Gasteiger partial charge in [0.2, 0.25) is 0 Å². The summed E-state index contributed by atoms with van der Waals surface area (Å²) in [6.07, 6.45) is 2.06. The van der Waals surface area contributed by atoms with Crippen LogP contribution < -0.4 is 0 Å². The second-order valence-electron chi connectivity index (χ2n) is 1.15. The maximum Gasteiger partial charge on any atom is 0.103 e. The standard InChI is InChI=1S/C4H4S4/c1-6-4-2-3(5)7-8-4/h2H,1H3. The predicted octanol–water partition coefficient (Wildman–Crippen LogP) is 3.26. The number of rotatable bonds is 1. The van der Waals surface area contributed by atoms with E-state index in [2.05, 4.69) is 6.26 Å². The molecule has 0 aliphatic carbocycles. The molecule has 0 nitrogen and oxygen atoms in total. The van der Waals surface area contributed by atoms with E-state index in [0.29, 0.717) is 0 Å². The highest BCUT2D eigenvalue weighted by molar-refractivity contribution is 8.02. The third-order valence-corrected chi connectivity index (χ3v) is 4.89. The number of hydrogen-bond donors (Lipinski definition) is 0. The van der Waals surface area contributed by atoms with Crippen LogP contribution in [0.2, 0.25) is 0 Å². The van der Waals surface area contributed by atoms with Crippen molar-refractivity contribution in [2.24, 2.45) is 0 Å². The van der Waals surface area contributed by atoms with Gasteiger partial charge >= 0.3 is 0 Å². The average Bonchev–Trinajstić information content (AvgIpc) is 2.14. The lowest BCUT2D eigenvalue weighted by molar-refractivity contribution is 1.74. The Kier molecular flexibility index (Phi) is 2.49. The molecule has 44 valence electrons. The third kappa shape index (κ3) is 1.55. The van der Waals surface area contributed by atoms with Crippen LogP contribution in [0.15, 0.2) is 10.3 Å². The van der Waals surface area contributed by atoms with E-state index < -0.39 is 0 Å². The van der Waals surface area contributed by atoms with Gasteiger partial charge in [-0.25, -0.2) is 0 Å². The van der Waals surface area contributed by atoms with Crippen LogP contribution >= 0.6 is 44.7 Å². The molecule has 1 heterocycles. The summed E-state index contributed by atoms with van der Waals surface area (Å²) in [5.41, 5.74) is 0. The molecule has 0 saturated carbocycles. The van der Waals surface area contributed by atoms with Gasteiger partial charge in [0.1, 0.15) is 3.82 Å². The smallest absolute Gasteiger partial charge is 0.103 e. The van der Waals surface area contributed by atoms with Crippen LogP contribution in [0.3, 0.4) is 0 Å². The molecule has 0 saturated heterocycles. The maximum absolute atomic E-state index is 4.91. The summed E-state index contributed by atoms with van der Waals surface area (Å²) in [5.74, 6) is 0. The first kappa shape index (κ1) is 6.74. The summed E-state index contributed by atoms with van der Waals surface area (Å²) in [5, 5.41) is 0. The number of hydrogen-bond acceptors (Lipinski definition) is 4. The molecule has 4 heteroatoms. The molecule has 0 aromatic carbocycles. The van der Waals surface area contributed by atoms with Crippen molar-refractivity contribution >= 4 is 44.7 Å². The first-order chi connectivity index (χ1) is 3.83. The van der Waals surface area contributed by atoms with E-state index in [1.54, 1.807) is 32.4 Å². The van der Waals surface area contributed by atoms with Gasteiger partial charge in [-0.05, 0) is 12.3 Å². The molecular formula is C4H4S4. The van der Waals surface area contributed by atoms with Gasteiger partial charge in [0.05, 0.1) is 4.21 Å². The molecule has 8 heavy (non-hydrogen) atoms. The van der Waals surface area contributed by atoms with Gasteiger partial charge in [-0.3, -0.25) is 0 Å². The first-order valence-electron chi connectivity index (χ1n) is 1.97. The van der Waals surface area contributed by atoms with E-state index in [-0.39, 0.29) is 0 Å². The Bertz CT molecular complexity index is 208. The highest BCUT2D eigenvalue weighted by Gasteiger charge is 1.89. The number of thioether (sulfide) groups is 1. The lowest BCUT2D eigenvalue weighted by Crippen LogP contribution is -1.47. The van der Waals surface area contributed by atoms with Crippen LogP contribution in [0.1, 0.15) is 0 Å². The monoisotopic (exact) mass is 180 g/mol. The molecule has 1 aromatic heterocycles. The van der Waals surface area contributed by atoms with Crippen LogP contribution in [0, 0.1) is 3.82 Å². The molecule has 0 amide bonds. The van der Waals surface area contributed by atoms with Gasteiger partial charge < -0.3 is 0 Å². The minimum absolute atomic E-state index is 0.999. The van der Waals surface area contributed by atoms with Crippen LogP contribution in [-0.2, 0) is 0 Å².